The minimum atomic E-state index is -0.0173. The van der Waals surface area contributed by atoms with Crippen molar-refractivity contribution in [1.29, 1.82) is 0 Å². The summed E-state index contributed by atoms with van der Waals surface area (Å²) in [5.74, 6) is 2.64. The van der Waals surface area contributed by atoms with Crippen LogP contribution < -0.4 is 4.90 Å². The Balaban J connectivity index is 2.39. The van der Waals surface area contributed by atoms with Crippen LogP contribution in [0, 0.1) is 25.2 Å². The highest BCUT2D eigenvalue weighted by atomic mass is 35.5. The number of terminal acetylenes is 1. The van der Waals surface area contributed by atoms with E-state index >= 15 is 0 Å². The minimum Gasteiger partial charge on any atom is -0.311 e. The highest BCUT2D eigenvalue weighted by molar-refractivity contribution is 6.42. The lowest BCUT2D eigenvalue weighted by molar-refractivity contribution is -0.117. The normalized spacial score (nSPS) is 19.5. The second kappa shape index (κ2) is 4.60. The molecule has 0 N–H and O–H groups in total. The molecule has 1 unspecified atom stereocenters. The summed E-state index contributed by atoms with van der Waals surface area (Å²) in [6.07, 6.45) is 5.75. The first-order chi connectivity index (χ1) is 8.02. The summed E-state index contributed by atoms with van der Waals surface area (Å²) in [5, 5.41) is 0.942. The molecule has 1 aliphatic heterocycles. The van der Waals surface area contributed by atoms with Crippen LogP contribution in [0.4, 0.5) is 5.69 Å². The molecule has 1 aliphatic rings. The van der Waals surface area contributed by atoms with Crippen LogP contribution in [0.2, 0.25) is 10.0 Å². The molecule has 1 aromatic rings. The van der Waals surface area contributed by atoms with Crippen LogP contribution in [0.1, 0.15) is 12.0 Å². The molecular weight excluding hydrogens is 257 g/mol. The van der Waals surface area contributed by atoms with Crippen molar-refractivity contribution in [2.75, 3.05) is 11.4 Å². The number of halogens is 2. The van der Waals surface area contributed by atoms with Crippen LogP contribution in [0.3, 0.4) is 0 Å². The summed E-state index contributed by atoms with van der Waals surface area (Å²) < 4.78 is 0. The molecule has 1 amide bonds. The van der Waals surface area contributed by atoms with Crippen LogP contribution in [-0.2, 0) is 4.79 Å². The second-order valence-corrected chi connectivity index (χ2v) is 4.94. The SMILES string of the molecule is C#CC1CC(=O)N(c2cc(Cl)c(Cl)cc2C)C1. The van der Waals surface area contributed by atoms with Crippen LogP contribution in [0.5, 0.6) is 0 Å². The fourth-order valence-electron chi connectivity index (χ4n) is 1.98. The Bertz CT molecular complexity index is 519. The Kier molecular flexibility index (Phi) is 3.33. The van der Waals surface area contributed by atoms with Crippen LogP contribution in [0.15, 0.2) is 12.1 Å². The maximum Gasteiger partial charge on any atom is 0.228 e. The van der Waals surface area contributed by atoms with E-state index in [0.29, 0.717) is 23.0 Å². The molecule has 1 aromatic carbocycles. The average Bonchev–Trinajstić information content (AvgIpc) is 2.65. The van der Waals surface area contributed by atoms with Crippen molar-refractivity contribution in [2.24, 2.45) is 5.92 Å². The quantitative estimate of drug-likeness (QED) is 0.716. The molecule has 1 atom stereocenters. The van der Waals surface area contributed by atoms with E-state index in [0.717, 1.165) is 11.3 Å². The van der Waals surface area contributed by atoms with Crippen molar-refractivity contribution in [2.45, 2.75) is 13.3 Å². The van der Waals surface area contributed by atoms with Crippen LogP contribution in [-0.4, -0.2) is 12.5 Å². The summed E-state index contributed by atoms with van der Waals surface area (Å²) in [4.78, 5) is 13.5. The minimum absolute atomic E-state index is 0.0173. The highest BCUT2D eigenvalue weighted by Gasteiger charge is 2.30. The first kappa shape index (κ1) is 12.3. The molecule has 1 heterocycles. The molecular formula is C13H11Cl2NO. The van der Waals surface area contributed by atoms with E-state index in [4.69, 9.17) is 29.6 Å². The predicted molar refractivity (Wildman–Crippen MR) is 70.5 cm³/mol. The Morgan fingerprint density at radius 3 is 2.65 bits per heavy atom. The molecule has 0 aliphatic carbocycles. The Hall–Kier alpha value is -1.17. The summed E-state index contributed by atoms with van der Waals surface area (Å²) in [6.45, 7) is 2.45. The van der Waals surface area contributed by atoms with Crippen LogP contribution >= 0.6 is 23.2 Å². The van der Waals surface area contributed by atoms with Gasteiger partial charge in [0, 0.05) is 24.6 Å². The third kappa shape index (κ3) is 2.26. The Morgan fingerprint density at radius 2 is 2.06 bits per heavy atom. The third-order valence-corrected chi connectivity index (χ3v) is 3.61. The molecule has 0 saturated carbocycles. The van der Waals surface area contributed by atoms with Crippen molar-refractivity contribution >= 4 is 34.8 Å². The van der Waals surface area contributed by atoms with E-state index in [-0.39, 0.29) is 11.8 Å². The van der Waals surface area contributed by atoms with E-state index in [1.165, 1.54) is 0 Å². The summed E-state index contributed by atoms with van der Waals surface area (Å²) >= 11 is 11.9. The third-order valence-electron chi connectivity index (χ3n) is 2.89. The van der Waals surface area contributed by atoms with Gasteiger partial charge in [0.1, 0.15) is 0 Å². The van der Waals surface area contributed by atoms with Gasteiger partial charge in [-0.05, 0) is 24.6 Å². The molecule has 0 radical (unpaired) electrons. The van der Waals surface area contributed by atoms with Gasteiger partial charge in [0.25, 0.3) is 0 Å². The topological polar surface area (TPSA) is 20.3 Å². The summed E-state index contributed by atoms with van der Waals surface area (Å²) in [7, 11) is 0. The second-order valence-electron chi connectivity index (χ2n) is 4.12. The lowest BCUT2D eigenvalue weighted by atomic mass is 10.1. The number of aryl methyl sites for hydroxylation is 1. The number of amides is 1. The van der Waals surface area contributed by atoms with E-state index < -0.39 is 0 Å². The zero-order valence-electron chi connectivity index (χ0n) is 9.34. The van der Waals surface area contributed by atoms with Crippen molar-refractivity contribution in [1.82, 2.24) is 0 Å². The van der Waals surface area contributed by atoms with Crippen molar-refractivity contribution in [3.05, 3.63) is 27.7 Å². The first-order valence-corrected chi connectivity index (χ1v) is 6.00. The molecule has 0 aromatic heterocycles. The van der Waals surface area contributed by atoms with E-state index in [9.17, 15) is 4.79 Å². The van der Waals surface area contributed by atoms with Crippen molar-refractivity contribution in [3.63, 3.8) is 0 Å². The maximum atomic E-state index is 11.8. The smallest absolute Gasteiger partial charge is 0.228 e. The fraction of sp³-hybridized carbons (Fsp3) is 0.308. The lowest BCUT2D eigenvalue weighted by Gasteiger charge is -2.19. The van der Waals surface area contributed by atoms with Crippen LogP contribution in [0.25, 0.3) is 0 Å². The molecule has 1 fully saturated rings. The Morgan fingerprint density at radius 1 is 1.41 bits per heavy atom. The lowest BCUT2D eigenvalue weighted by Crippen LogP contribution is -2.25. The number of rotatable bonds is 1. The molecule has 2 rings (SSSR count). The van der Waals surface area contributed by atoms with Gasteiger partial charge < -0.3 is 4.90 Å². The molecule has 17 heavy (non-hydrogen) atoms. The molecule has 0 spiro atoms. The number of carbonyl (C=O) groups is 1. The Labute approximate surface area is 111 Å². The number of nitrogens with zero attached hydrogens (tertiary/aromatic N) is 1. The molecule has 4 heteroatoms. The summed E-state index contributed by atoms with van der Waals surface area (Å²) in [5.41, 5.74) is 1.72. The summed E-state index contributed by atoms with van der Waals surface area (Å²) in [6, 6.07) is 3.48. The number of benzene rings is 1. The van der Waals surface area contributed by atoms with E-state index in [1.807, 2.05) is 6.92 Å². The van der Waals surface area contributed by atoms with Gasteiger partial charge in [-0.15, -0.1) is 12.3 Å². The zero-order valence-corrected chi connectivity index (χ0v) is 10.8. The standard InChI is InChI=1S/C13H11Cl2NO/c1-3-9-5-13(17)16(7-9)12-6-11(15)10(14)4-8(12)2/h1,4,6,9H,5,7H2,2H3. The highest BCUT2D eigenvalue weighted by Crippen LogP contribution is 2.33. The largest absolute Gasteiger partial charge is 0.311 e. The maximum absolute atomic E-state index is 11.8. The molecule has 88 valence electrons. The molecule has 0 bridgehead atoms. The van der Waals surface area contributed by atoms with Gasteiger partial charge in [0.2, 0.25) is 5.91 Å². The van der Waals surface area contributed by atoms with Gasteiger partial charge in [-0.2, -0.15) is 0 Å². The van der Waals surface area contributed by atoms with E-state index in [1.54, 1.807) is 17.0 Å². The van der Waals surface area contributed by atoms with Gasteiger partial charge in [-0.1, -0.05) is 23.2 Å². The molecule has 1 saturated heterocycles. The van der Waals surface area contributed by atoms with E-state index in [2.05, 4.69) is 5.92 Å². The van der Waals surface area contributed by atoms with Gasteiger partial charge in [0.15, 0.2) is 0 Å². The molecule has 2 nitrogen and oxygen atoms in total. The van der Waals surface area contributed by atoms with Gasteiger partial charge in [0.05, 0.1) is 10.0 Å². The van der Waals surface area contributed by atoms with Gasteiger partial charge >= 0.3 is 0 Å². The predicted octanol–water partition coefficient (Wildman–Crippen LogP) is 3.29. The number of hydrogen-bond acceptors (Lipinski definition) is 1. The zero-order chi connectivity index (χ0) is 12.6. The first-order valence-electron chi connectivity index (χ1n) is 5.25. The average molecular weight is 268 g/mol. The van der Waals surface area contributed by atoms with Crippen molar-refractivity contribution in [3.8, 4) is 12.3 Å². The number of carbonyl (C=O) groups excluding carboxylic acids is 1. The van der Waals surface area contributed by atoms with Gasteiger partial charge in [-0.3, -0.25) is 4.79 Å². The number of anilines is 1. The number of hydrogen-bond donors (Lipinski definition) is 0. The monoisotopic (exact) mass is 267 g/mol. The fourth-order valence-corrected chi connectivity index (χ4v) is 2.35. The van der Waals surface area contributed by atoms with Gasteiger partial charge in [-0.25, -0.2) is 0 Å². The van der Waals surface area contributed by atoms with Crippen molar-refractivity contribution < 1.29 is 4.79 Å².